The smallest absolute Gasteiger partial charge is 0.306 e. The molecule has 0 aliphatic heterocycles. The van der Waals surface area contributed by atoms with E-state index in [0.717, 1.165) is 135 Å². The summed E-state index contributed by atoms with van der Waals surface area (Å²) in [5, 5.41) is 0. The number of hydrogen-bond donors (Lipinski definition) is 0. The van der Waals surface area contributed by atoms with Gasteiger partial charge in [-0.1, -0.05) is 294 Å². The fourth-order valence-electron chi connectivity index (χ4n) is 8.84. The Morgan fingerprint density at radius 2 is 0.476 bits per heavy atom. The van der Waals surface area contributed by atoms with E-state index in [-0.39, 0.29) is 37.5 Å². The van der Waals surface area contributed by atoms with Crippen molar-refractivity contribution in [1.29, 1.82) is 0 Å². The zero-order valence-electron chi connectivity index (χ0n) is 52.9. The number of allylic oxidation sites excluding steroid dienone is 26. The molecule has 1 unspecified atom stereocenters. The highest BCUT2D eigenvalue weighted by molar-refractivity contribution is 5.71. The largest absolute Gasteiger partial charge is 0.462 e. The average molecular weight is 1130 g/mol. The zero-order valence-corrected chi connectivity index (χ0v) is 52.9. The van der Waals surface area contributed by atoms with Gasteiger partial charge in [0.15, 0.2) is 6.10 Å². The quantitative estimate of drug-likeness (QED) is 0.0261. The van der Waals surface area contributed by atoms with E-state index in [1.54, 1.807) is 0 Å². The Morgan fingerprint density at radius 3 is 0.768 bits per heavy atom. The van der Waals surface area contributed by atoms with Crippen LogP contribution in [0.3, 0.4) is 0 Å². The monoisotopic (exact) mass is 1130 g/mol. The number of ether oxygens (including phenoxy) is 3. The molecule has 0 aliphatic rings. The van der Waals surface area contributed by atoms with E-state index in [4.69, 9.17) is 14.2 Å². The van der Waals surface area contributed by atoms with Crippen LogP contribution >= 0.6 is 0 Å². The molecular weight excluding hydrogens is 1010 g/mol. The van der Waals surface area contributed by atoms with E-state index in [1.165, 1.54) is 103 Å². The maximum atomic E-state index is 12.8. The summed E-state index contributed by atoms with van der Waals surface area (Å²) in [7, 11) is 0. The summed E-state index contributed by atoms with van der Waals surface area (Å²) in [5.74, 6) is -0.954. The molecule has 0 spiro atoms. The molecule has 0 heterocycles. The van der Waals surface area contributed by atoms with Gasteiger partial charge in [-0.3, -0.25) is 14.4 Å². The summed E-state index contributed by atoms with van der Waals surface area (Å²) in [6.07, 6.45) is 100. The van der Waals surface area contributed by atoms with Gasteiger partial charge in [0, 0.05) is 19.3 Å². The normalized spacial score (nSPS) is 13.2. The molecule has 0 radical (unpaired) electrons. The van der Waals surface area contributed by atoms with E-state index in [9.17, 15) is 14.4 Å². The van der Waals surface area contributed by atoms with Gasteiger partial charge in [-0.2, -0.15) is 0 Å². The van der Waals surface area contributed by atoms with Gasteiger partial charge in [0.1, 0.15) is 13.2 Å². The van der Waals surface area contributed by atoms with Crippen LogP contribution in [0.25, 0.3) is 0 Å². The Hall–Kier alpha value is -4.97. The summed E-state index contributed by atoms with van der Waals surface area (Å²) >= 11 is 0. The lowest BCUT2D eigenvalue weighted by Crippen LogP contribution is -2.30. The number of unbranched alkanes of at least 4 members (excludes halogenated alkanes) is 22. The van der Waals surface area contributed by atoms with Crippen molar-refractivity contribution in [2.45, 2.75) is 290 Å². The van der Waals surface area contributed by atoms with Crippen molar-refractivity contribution in [2.75, 3.05) is 13.2 Å². The molecule has 0 amide bonds. The summed E-state index contributed by atoms with van der Waals surface area (Å²) in [6, 6.07) is 0. The molecule has 0 saturated carbocycles. The van der Waals surface area contributed by atoms with Crippen LogP contribution in [0, 0.1) is 0 Å². The molecular formula is C76H122O6. The second-order valence-corrected chi connectivity index (χ2v) is 21.6. The van der Waals surface area contributed by atoms with Gasteiger partial charge < -0.3 is 14.2 Å². The molecule has 0 saturated heterocycles. The van der Waals surface area contributed by atoms with E-state index in [1.807, 2.05) is 0 Å². The van der Waals surface area contributed by atoms with Crippen molar-refractivity contribution in [2.24, 2.45) is 0 Å². The minimum absolute atomic E-state index is 0.0996. The van der Waals surface area contributed by atoms with Crippen LogP contribution < -0.4 is 0 Å². The first-order valence-electron chi connectivity index (χ1n) is 33.5. The van der Waals surface area contributed by atoms with Crippen LogP contribution in [-0.4, -0.2) is 37.2 Å². The molecule has 6 heteroatoms. The van der Waals surface area contributed by atoms with Crippen LogP contribution in [0.5, 0.6) is 0 Å². The zero-order chi connectivity index (χ0) is 59.2. The standard InChI is InChI=1S/C76H122O6/c1-4-7-10-13-16-18-20-22-24-26-28-30-32-34-36-37-38-39-41-42-44-46-48-50-52-54-56-58-60-63-66-69-75(78)81-72-73(71-80-74(77)68-65-62-15-12-9-6-3)82-76(79)70-67-64-61-59-57-55-53-51-49-47-45-43-40-35-33-31-29-27-25-23-21-19-17-14-11-8-5-2/h7-8,10-11,16-19,22-25,28-31,34-36,40,45,47,51,53,57,59,73H,4-6,9,12-15,20-21,26-27,32-33,37-39,41-44,46,48-50,52,54-56,58,60-72H2,1-3H3/b10-7-,11-8-,18-16-,19-17-,24-22-,25-23-,30-28-,31-29-,36-34-,40-35-,47-45-,53-51-,59-57-. The van der Waals surface area contributed by atoms with Crippen molar-refractivity contribution in [3.8, 4) is 0 Å². The van der Waals surface area contributed by atoms with Crippen molar-refractivity contribution in [3.05, 3.63) is 158 Å². The van der Waals surface area contributed by atoms with Crippen LogP contribution in [0.15, 0.2) is 158 Å². The number of esters is 3. The predicted octanol–water partition coefficient (Wildman–Crippen LogP) is 23.3. The third-order valence-corrected chi connectivity index (χ3v) is 13.8. The van der Waals surface area contributed by atoms with E-state index in [2.05, 4.69) is 179 Å². The maximum absolute atomic E-state index is 12.8. The summed E-state index contributed by atoms with van der Waals surface area (Å²) in [5.41, 5.74) is 0. The fraction of sp³-hybridized carbons (Fsp3) is 0.618. The minimum atomic E-state index is -0.805. The lowest BCUT2D eigenvalue weighted by molar-refractivity contribution is -0.167. The second-order valence-electron chi connectivity index (χ2n) is 21.6. The van der Waals surface area contributed by atoms with Gasteiger partial charge in [-0.25, -0.2) is 0 Å². The van der Waals surface area contributed by atoms with Gasteiger partial charge in [-0.05, 0) is 128 Å². The van der Waals surface area contributed by atoms with E-state index in [0.29, 0.717) is 19.3 Å². The second kappa shape index (κ2) is 68.5. The first kappa shape index (κ1) is 77.0. The molecule has 82 heavy (non-hydrogen) atoms. The first-order chi connectivity index (χ1) is 40.5. The number of rotatable bonds is 59. The Bertz CT molecular complexity index is 1830. The van der Waals surface area contributed by atoms with Crippen LogP contribution in [0.4, 0.5) is 0 Å². The lowest BCUT2D eigenvalue weighted by Gasteiger charge is -2.18. The Morgan fingerprint density at radius 1 is 0.256 bits per heavy atom. The van der Waals surface area contributed by atoms with Crippen LogP contribution in [-0.2, 0) is 28.6 Å². The first-order valence-corrected chi connectivity index (χ1v) is 33.5. The maximum Gasteiger partial charge on any atom is 0.306 e. The molecule has 0 aliphatic carbocycles. The third kappa shape index (κ3) is 65.8. The van der Waals surface area contributed by atoms with Gasteiger partial charge in [-0.15, -0.1) is 0 Å². The molecule has 462 valence electrons. The highest BCUT2D eigenvalue weighted by atomic mass is 16.6. The molecule has 0 N–H and O–H groups in total. The molecule has 6 nitrogen and oxygen atoms in total. The van der Waals surface area contributed by atoms with Crippen LogP contribution in [0.1, 0.15) is 284 Å². The molecule has 0 aromatic rings. The number of hydrogen-bond acceptors (Lipinski definition) is 6. The topological polar surface area (TPSA) is 78.9 Å². The summed E-state index contributed by atoms with van der Waals surface area (Å²) < 4.78 is 16.8. The molecule has 0 aromatic carbocycles. The number of carbonyl (C=O) groups excluding carboxylic acids is 3. The minimum Gasteiger partial charge on any atom is -0.462 e. The Labute approximate surface area is 505 Å². The van der Waals surface area contributed by atoms with E-state index >= 15 is 0 Å². The predicted molar refractivity (Wildman–Crippen MR) is 357 cm³/mol. The fourth-order valence-corrected chi connectivity index (χ4v) is 8.84. The Kier molecular flexibility index (Phi) is 64.4. The van der Waals surface area contributed by atoms with Crippen molar-refractivity contribution in [1.82, 2.24) is 0 Å². The lowest BCUT2D eigenvalue weighted by atomic mass is 10.0. The van der Waals surface area contributed by atoms with Gasteiger partial charge >= 0.3 is 17.9 Å². The summed E-state index contributed by atoms with van der Waals surface area (Å²) in [4.78, 5) is 38.1. The van der Waals surface area contributed by atoms with Gasteiger partial charge in [0.05, 0.1) is 0 Å². The highest BCUT2D eigenvalue weighted by Gasteiger charge is 2.19. The van der Waals surface area contributed by atoms with Crippen molar-refractivity contribution < 1.29 is 28.6 Å². The highest BCUT2D eigenvalue weighted by Crippen LogP contribution is 2.16. The van der Waals surface area contributed by atoms with Crippen molar-refractivity contribution in [3.63, 3.8) is 0 Å². The molecule has 0 rings (SSSR count). The SMILES string of the molecule is CC/C=C\C/C=C\C/C=C\C/C=C\C/C=C\C/C=C\C/C=C\C/C=C\CCCCC(=O)OC(COC(=O)CCCCCCCC)COC(=O)CCCCCCCCCCCCCCCCC/C=C\C/C=C\C/C=C\C/C=C\C/C=C\CC. The molecule has 0 aromatic heterocycles. The van der Waals surface area contributed by atoms with Crippen LogP contribution in [0.2, 0.25) is 0 Å². The number of carbonyl (C=O) groups is 3. The van der Waals surface area contributed by atoms with Gasteiger partial charge in [0.2, 0.25) is 0 Å². The molecule has 1 atom stereocenters. The van der Waals surface area contributed by atoms with E-state index < -0.39 is 6.10 Å². The molecule has 0 bridgehead atoms. The average Bonchev–Trinajstić information content (AvgIpc) is 3.47. The molecule has 0 fully saturated rings. The summed E-state index contributed by atoms with van der Waals surface area (Å²) in [6.45, 7) is 6.32. The van der Waals surface area contributed by atoms with Crippen molar-refractivity contribution >= 4 is 17.9 Å². The Balaban J connectivity index is 4.16. The van der Waals surface area contributed by atoms with Gasteiger partial charge in [0.25, 0.3) is 0 Å². The third-order valence-electron chi connectivity index (χ3n) is 13.8.